The summed E-state index contributed by atoms with van der Waals surface area (Å²) < 4.78 is 0. The molecule has 2 N–H and O–H groups in total. The highest BCUT2D eigenvalue weighted by molar-refractivity contribution is 8.00. The van der Waals surface area contributed by atoms with Crippen molar-refractivity contribution in [3.8, 4) is 0 Å². The quantitative estimate of drug-likeness (QED) is 0.633. The molecule has 0 fully saturated rings. The molecule has 0 spiro atoms. The van der Waals surface area contributed by atoms with E-state index >= 15 is 0 Å². The van der Waals surface area contributed by atoms with Crippen LogP contribution in [0.15, 0.2) is 35.2 Å². The van der Waals surface area contributed by atoms with E-state index in [1.807, 2.05) is 18.2 Å². The molecule has 1 aromatic carbocycles. The van der Waals surface area contributed by atoms with E-state index in [1.54, 1.807) is 11.8 Å². The second-order valence-corrected chi connectivity index (χ2v) is 3.70. The Bertz CT molecular complexity index is 293. The summed E-state index contributed by atoms with van der Waals surface area (Å²) in [6.07, 6.45) is 4.10. The third-order valence-corrected chi connectivity index (χ3v) is 2.70. The molecule has 1 unspecified atom stereocenters. The first-order valence-corrected chi connectivity index (χ1v) is 4.44. The van der Waals surface area contributed by atoms with E-state index in [2.05, 4.69) is 18.2 Å². The maximum atomic E-state index is 5.73. The number of nitrogens with two attached hydrogens (primary N) is 1. The Hall–Kier alpha value is -0.730. The molecule has 0 saturated heterocycles. The van der Waals surface area contributed by atoms with Crippen LogP contribution >= 0.6 is 11.8 Å². The van der Waals surface area contributed by atoms with Crippen molar-refractivity contribution in [2.24, 2.45) is 5.73 Å². The molecule has 1 nitrogen and oxygen atoms in total. The Morgan fingerprint density at radius 1 is 1.27 bits per heavy atom. The lowest BCUT2D eigenvalue weighted by Crippen LogP contribution is -2.13. The fourth-order valence-electron chi connectivity index (χ4n) is 1.11. The first-order valence-electron chi connectivity index (χ1n) is 3.56. The summed E-state index contributed by atoms with van der Waals surface area (Å²) in [7, 11) is 0. The Kier molecular flexibility index (Phi) is 1.72. The topological polar surface area (TPSA) is 26.0 Å². The minimum absolute atomic E-state index is 0.130. The van der Waals surface area contributed by atoms with Gasteiger partial charge in [0.2, 0.25) is 0 Å². The first kappa shape index (κ1) is 6.95. The molecule has 1 aliphatic rings. The monoisotopic (exact) mass is 163 g/mol. The zero-order chi connectivity index (χ0) is 7.68. The molecular weight excluding hydrogens is 154 g/mol. The van der Waals surface area contributed by atoms with Crippen LogP contribution in [0.4, 0.5) is 0 Å². The molecule has 11 heavy (non-hydrogen) atoms. The van der Waals surface area contributed by atoms with Gasteiger partial charge in [-0.1, -0.05) is 30.4 Å². The fourth-order valence-corrected chi connectivity index (χ4v) is 1.99. The van der Waals surface area contributed by atoms with Gasteiger partial charge in [-0.25, -0.2) is 0 Å². The van der Waals surface area contributed by atoms with Crippen LogP contribution in [0, 0.1) is 0 Å². The SMILES string of the molecule is NC1C=Cc2ccccc2S1. The van der Waals surface area contributed by atoms with Crippen molar-refractivity contribution in [3.63, 3.8) is 0 Å². The number of hydrogen-bond acceptors (Lipinski definition) is 2. The van der Waals surface area contributed by atoms with E-state index in [-0.39, 0.29) is 5.37 Å². The van der Waals surface area contributed by atoms with Crippen LogP contribution in [-0.4, -0.2) is 5.37 Å². The third-order valence-electron chi connectivity index (χ3n) is 1.65. The molecule has 1 heterocycles. The average molecular weight is 163 g/mol. The zero-order valence-corrected chi connectivity index (χ0v) is 6.84. The Labute approximate surface area is 70.3 Å². The van der Waals surface area contributed by atoms with Crippen LogP contribution < -0.4 is 5.73 Å². The summed E-state index contributed by atoms with van der Waals surface area (Å²) in [5, 5.41) is 0.130. The lowest BCUT2D eigenvalue weighted by atomic mass is 10.2. The van der Waals surface area contributed by atoms with Gasteiger partial charge in [-0.3, -0.25) is 0 Å². The van der Waals surface area contributed by atoms with Crippen LogP contribution in [-0.2, 0) is 0 Å². The summed E-state index contributed by atoms with van der Waals surface area (Å²) in [6, 6.07) is 8.28. The second kappa shape index (κ2) is 2.72. The van der Waals surface area contributed by atoms with Crippen molar-refractivity contribution in [2.75, 3.05) is 0 Å². The summed E-state index contributed by atoms with van der Waals surface area (Å²) in [5.41, 5.74) is 7.00. The van der Waals surface area contributed by atoms with Gasteiger partial charge in [0.1, 0.15) is 0 Å². The van der Waals surface area contributed by atoms with Gasteiger partial charge in [0.15, 0.2) is 0 Å². The van der Waals surface area contributed by atoms with E-state index in [4.69, 9.17) is 5.73 Å². The Morgan fingerprint density at radius 2 is 2.09 bits per heavy atom. The molecule has 0 saturated carbocycles. The number of fused-ring (bicyclic) bond motifs is 1. The van der Waals surface area contributed by atoms with Gasteiger partial charge in [0.05, 0.1) is 5.37 Å². The maximum absolute atomic E-state index is 5.73. The summed E-state index contributed by atoms with van der Waals surface area (Å²) in [6.45, 7) is 0. The maximum Gasteiger partial charge on any atom is 0.0744 e. The van der Waals surface area contributed by atoms with Crippen molar-refractivity contribution < 1.29 is 0 Å². The van der Waals surface area contributed by atoms with E-state index in [1.165, 1.54) is 10.5 Å². The number of rotatable bonds is 0. The summed E-state index contributed by atoms with van der Waals surface area (Å²) in [4.78, 5) is 1.28. The molecule has 1 aromatic rings. The van der Waals surface area contributed by atoms with E-state index in [9.17, 15) is 0 Å². The zero-order valence-electron chi connectivity index (χ0n) is 6.03. The fraction of sp³-hybridized carbons (Fsp3) is 0.111. The van der Waals surface area contributed by atoms with E-state index in [0.717, 1.165) is 0 Å². The predicted molar refractivity (Wildman–Crippen MR) is 49.3 cm³/mol. The Balaban J connectivity index is 2.46. The van der Waals surface area contributed by atoms with Crippen molar-refractivity contribution >= 4 is 17.8 Å². The van der Waals surface area contributed by atoms with Crippen molar-refractivity contribution in [2.45, 2.75) is 10.3 Å². The predicted octanol–water partition coefficient (Wildman–Crippen LogP) is 2.09. The minimum atomic E-state index is 0.130. The molecule has 2 heteroatoms. The van der Waals surface area contributed by atoms with Crippen LogP contribution in [0.25, 0.3) is 6.08 Å². The molecule has 1 aliphatic heterocycles. The second-order valence-electron chi connectivity index (χ2n) is 2.48. The van der Waals surface area contributed by atoms with E-state index in [0.29, 0.717) is 0 Å². The average Bonchev–Trinajstić information content (AvgIpc) is 2.04. The van der Waals surface area contributed by atoms with Crippen molar-refractivity contribution in [1.82, 2.24) is 0 Å². The van der Waals surface area contributed by atoms with Gasteiger partial charge in [-0.15, -0.1) is 11.8 Å². The van der Waals surface area contributed by atoms with Crippen LogP contribution in [0.2, 0.25) is 0 Å². The van der Waals surface area contributed by atoms with Gasteiger partial charge in [-0.05, 0) is 11.6 Å². The molecule has 0 radical (unpaired) electrons. The highest BCUT2D eigenvalue weighted by Gasteiger charge is 2.08. The lowest BCUT2D eigenvalue weighted by molar-refractivity contribution is 1.15. The highest BCUT2D eigenvalue weighted by Crippen LogP contribution is 2.30. The number of thioether (sulfide) groups is 1. The molecule has 0 bridgehead atoms. The molecule has 1 atom stereocenters. The minimum Gasteiger partial charge on any atom is -0.316 e. The summed E-state index contributed by atoms with van der Waals surface area (Å²) >= 11 is 1.70. The van der Waals surface area contributed by atoms with E-state index < -0.39 is 0 Å². The highest BCUT2D eigenvalue weighted by atomic mass is 32.2. The standard InChI is InChI=1S/C9H9NS/c10-9-6-5-7-3-1-2-4-8(7)11-9/h1-6,9H,10H2. The largest absolute Gasteiger partial charge is 0.316 e. The van der Waals surface area contributed by atoms with Gasteiger partial charge in [0.25, 0.3) is 0 Å². The van der Waals surface area contributed by atoms with Crippen LogP contribution in [0.5, 0.6) is 0 Å². The third kappa shape index (κ3) is 1.32. The molecule has 56 valence electrons. The molecular formula is C9H9NS. The van der Waals surface area contributed by atoms with Gasteiger partial charge in [-0.2, -0.15) is 0 Å². The lowest BCUT2D eigenvalue weighted by Gasteiger charge is -2.13. The van der Waals surface area contributed by atoms with Gasteiger partial charge in [0, 0.05) is 4.90 Å². The van der Waals surface area contributed by atoms with Crippen LogP contribution in [0.3, 0.4) is 0 Å². The van der Waals surface area contributed by atoms with Gasteiger partial charge >= 0.3 is 0 Å². The van der Waals surface area contributed by atoms with Crippen molar-refractivity contribution in [3.05, 3.63) is 35.9 Å². The number of hydrogen-bond donors (Lipinski definition) is 1. The smallest absolute Gasteiger partial charge is 0.0744 e. The molecule has 0 aliphatic carbocycles. The van der Waals surface area contributed by atoms with Gasteiger partial charge < -0.3 is 5.73 Å². The first-order chi connectivity index (χ1) is 5.36. The van der Waals surface area contributed by atoms with Crippen molar-refractivity contribution in [1.29, 1.82) is 0 Å². The molecule has 2 rings (SSSR count). The van der Waals surface area contributed by atoms with Crippen LogP contribution in [0.1, 0.15) is 5.56 Å². The molecule has 0 amide bonds. The summed E-state index contributed by atoms with van der Waals surface area (Å²) in [5.74, 6) is 0. The normalized spacial score (nSPS) is 21.4. The number of benzene rings is 1. The molecule has 0 aromatic heterocycles. The Morgan fingerprint density at radius 3 is 3.00 bits per heavy atom.